The summed E-state index contributed by atoms with van der Waals surface area (Å²) in [7, 11) is 0. The van der Waals surface area contributed by atoms with Crippen molar-refractivity contribution in [3.8, 4) is 5.75 Å². The standard InChI is InChI=1S/C19H20N2OS2/c1-2-7-14(8-3-1)22-11-6-12-23-18-17-15-9-4-5-10-16(15)24-19(17)21-13-20-18/h1-3,7-8,13H,4-6,9-12H2. The first-order chi connectivity index (χ1) is 11.9. The molecular weight excluding hydrogens is 336 g/mol. The highest BCUT2D eigenvalue weighted by atomic mass is 32.2. The second kappa shape index (κ2) is 7.53. The Kier molecular flexibility index (Phi) is 4.99. The molecule has 0 saturated heterocycles. The zero-order valence-electron chi connectivity index (χ0n) is 13.5. The van der Waals surface area contributed by atoms with Gasteiger partial charge in [-0.3, -0.25) is 0 Å². The van der Waals surface area contributed by atoms with Crippen molar-refractivity contribution in [1.29, 1.82) is 0 Å². The van der Waals surface area contributed by atoms with Gasteiger partial charge in [0.1, 0.15) is 21.9 Å². The van der Waals surface area contributed by atoms with Gasteiger partial charge in [0.25, 0.3) is 0 Å². The Morgan fingerprint density at radius 1 is 1.08 bits per heavy atom. The summed E-state index contributed by atoms with van der Waals surface area (Å²) in [6, 6.07) is 10.0. The van der Waals surface area contributed by atoms with Gasteiger partial charge in [-0.2, -0.15) is 0 Å². The molecule has 0 aliphatic heterocycles. The highest BCUT2D eigenvalue weighted by Gasteiger charge is 2.19. The van der Waals surface area contributed by atoms with E-state index in [-0.39, 0.29) is 0 Å². The fourth-order valence-electron chi connectivity index (χ4n) is 3.11. The van der Waals surface area contributed by atoms with E-state index < -0.39 is 0 Å². The van der Waals surface area contributed by atoms with Gasteiger partial charge in [0.15, 0.2) is 0 Å². The molecule has 0 bridgehead atoms. The Morgan fingerprint density at radius 2 is 1.96 bits per heavy atom. The van der Waals surface area contributed by atoms with Gasteiger partial charge < -0.3 is 4.74 Å². The van der Waals surface area contributed by atoms with E-state index in [1.165, 1.54) is 46.3 Å². The molecule has 0 N–H and O–H groups in total. The van der Waals surface area contributed by atoms with Gasteiger partial charge in [-0.1, -0.05) is 18.2 Å². The Morgan fingerprint density at radius 3 is 2.88 bits per heavy atom. The molecule has 24 heavy (non-hydrogen) atoms. The Hall–Kier alpha value is -1.59. The molecule has 3 nitrogen and oxygen atoms in total. The van der Waals surface area contributed by atoms with Crippen molar-refractivity contribution >= 4 is 33.3 Å². The summed E-state index contributed by atoms with van der Waals surface area (Å²) < 4.78 is 5.76. The lowest BCUT2D eigenvalue weighted by Crippen LogP contribution is -2.00. The van der Waals surface area contributed by atoms with Gasteiger partial charge in [0.05, 0.1) is 6.61 Å². The van der Waals surface area contributed by atoms with Crippen LogP contribution in [0.15, 0.2) is 41.7 Å². The van der Waals surface area contributed by atoms with Crippen LogP contribution < -0.4 is 4.74 Å². The molecule has 3 aromatic rings. The predicted octanol–water partition coefficient (Wildman–Crippen LogP) is 5.13. The van der Waals surface area contributed by atoms with Gasteiger partial charge in [0.2, 0.25) is 0 Å². The lowest BCUT2D eigenvalue weighted by atomic mass is 9.97. The third-order valence-electron chi connectivity index (χ3n) is 4.26. The van der Waals surface area contributed by atoms with Crippen LogP contribution in [-0.4, -0.2) is 22.3 Å². The van der Waals surface area contributed by atoms with E-state index in [1.54, 1.807) is 6.33 Å². The quantitative estimate of drug-likeness (QED) is 0.348. The monoisotopic (exact) mass is 356 g/mol. The lowest BCUT2D eigenvalue weighted by molar-refractivity contribution is 0.318. The molecule has 1 aliphatic rings. The summed E-state index contributed by atoms with van der Waals surface area (Å²) in [6.45, 7) is 0.743. The Balaban J connectivity index is 1.39. The van der Waals surface area contributed by atoms with Gasteiger partial charge in [0, 0.05) is 16.0 Å². The number of ether oxygens (including phenoxy) is 1. The molecule has 124 valence electrons. The van der Waals surface area contributed by atoms with Crippen LogP contribution >= 0.6 is 23.1 Å². The van der Waals surface area contributed by atoms with E-state index in [2.05, 4.69) is 9.97 Å². The molecule has 1 aliphatic carbocycles. The van der Waals surface area contributed by atoms with Gasteiger partial charge in [-0.25, -0.2) is 9.97 Å². The second-order valence-electron chi connectivity index (χ2n) is 5.93. The molecular formula is C19H20N2OS2. The minimum atomic E-state index is 0.743. The molecule has 0 spiro atoms. The topological polar surface area (TPSA) is 35.0 Å². The number of rotatable bonds is 6. The summed E-state index contributed by atoms with van der Waals surface area (Å²) in [5.74, 6) is 1.96. The fourth-order valence-corrected chi connectivity index (χ4v) is 5.34. The molecule has 4 rings (SSSR count). The maximum Gasteiger partial charge on any atom is 0.128 e. The van der Waals surface area contributed by atoms with Crippen LogP contribution in [0.5, 0.6) is 5.75 Å². The largest absolute Gasteiger partial charge is 0.494 e. The first kappa shape index (κ1) is 15.9. The molecule has 0 unspecified atom stereocenters. The van der Waals surface area contributed by atoms with Crippen LogP contribution in [-0.2, 0) is 12.8 Å². The normalized spacial score (nSPS) is 13.8. The van der Waals surface area contributed by atoms with Crippen LogP contribution in [0.1, 0.15) is 29.7 Å². The SMILES string of the molecule is c1ccc(OCCCSc2ncnc3sc4c(c23)CCCC4)cc1. The van der Waals surface area contributed by atoms with Crippen molar-refractivity contribution in [2.45, 2.75) is 37.1 Å². The maximum absolute atomic E-state index is 5.76. The van der Waals surface area contributed by atoms with Crippen molar-refractivity contribution in [3.63, 3.8) is 0 Å². The smallest absolute Gasteiger partial charge is 0.128 e. The minimum absolute atomic E-state index is 0.743. The van der Waals surface area contributed by atoms with Crippen LogP contribution in [0.4, 0.5) is 0 Å². The number of aromatic nitrogens is 2. The predicted molar refractivity (Wildman–Crippen MR) is 101 cm³/mol. The van der Waals surface area contributed by atoms with Crippen molar-refractivity contribution in [3.05, 3.63) is 47.1 Å². The molecule has 0 fully saturated rings. The summed E-state index contributed by atoms with van der Waals surface area (Å²) in [6.07, 6.45) is 7.73. The summed E-state index contributed by atoms with van der Waals surface area (Å²) in [4.78, 5) is 11.8. The van der Waals surface area contributed by atoms with E-state index >= 15 is 0 Å². The Labute approximate surface area is 150 Å². The first-order valence-electron chi connectivity index (χ1n) is 8.48. The van der Waals surface area contributed by atoms with Crippen LogP contribution in [0.2, 0.25) is 0 Å². The molecule has 2 aromatic heterocycles. The average molecular weight is 357 g/mol. The van der Waals surface area contributed by atoms with Crippen molar-refractivity contribution in [2.24, 2.45) is 0 Å². The summed E-state index contributed by atoms with van der Waals surface area (Å²) >= 11 is 3.70. The van der Waals surface area contributed by atoms with Crippen LogP contribution in [0, 0.1) is 0 Å². The molecule has 1 aromatic carbocycles. The van der Waals surface area contributed by atoms with Gasteiger partial charge >= 0.3 is 0 Å². The molecule has 0 amide bonds. The van der Waals surface area contributed by atoms with Crippen molar-refractivity contribution < 1.29 is 4.74 Å². The maximum atomic E-state index is 5.76. The number of hydrogen-bond acceptors (Lipinski definition) is 5. The number of benzene rings is 1. The Bertz CT molecular complexity index is 817. The van der Waals surface area contributed by atoms with E-state index in [0.29, 0.717) is 0 Å². The number of para-hydroxylation sites is 1. The van der Waals surface area contributed by atoms with E-state index in [4.69, 9.17) is 4.74 Å². The number of thiophene rings is 1. The second-order valence-corrected chi connectivity index (χ2v) is 8.10. The molecule has 2 heterocycles. The zero-order valence-corrected chi connectivity index (χ0v) is 15.2. The van der Waals surface area contributed by atoms with Gasteiger partial charge in [-0.15, -0.1) is 23.1 Å². The first-order valence-corrected chi connectivity index (χ1v) is 10.3. The van der Waals surface area contributed by atoms with Crippen molar-refractivity contribution in [1.82, 2.24) is 9.97 Å². The molecule has 0 saturated carbocycles. The van der Waals surface area contributed by atoms with Crippen LogP contribution in [0.25, 0.3) is 10.2 Å². The number of nitrogens with zero attached hydrogens (tertiary/aromatic N) is 2. The van der Waals surface area contributed by atoms with E-state index in [0.717, 1.165) is 29.6 Å². The van der Waals surface area contributed by atoms with Crippen LogP contribution in [0.3, 0.4) is 0 Å². The number of thioether (sulfide) groups is 1. The fraction of sp³-hybridized carbons (Fsp3) is 0.368. The average Bonchev–Trinajstić information content (AvgIpc) is 3.02. The number of fused-ring (bicyclic) bond motifs is 3. The van der Waals surface area contributed by atoms with Crippen molar-refractivity contribution in [2.75, 3.05) is 12.4 Å². The minimum Gasteiger partial charge on any atom is -0.494 e. The lowest BCUT2D eigenvalue weighted by Gasteiger charge is -2.11. The summed E-state index contributed by atoms with van der Waals surface area (Å²) in [5, 5.41) is 2.48. The highest BCUT2D eigenvalue weighted by Crippen LogP contribution is 2.39. The number of hydrogen-bond donors (Lipinski definition) is 0. The molecule has 0 radical (unpaired) electrons. The highest BCUT2D eigenvalue weighted by molar-refractivity contribution is 7.99. The molecule has 0 atom stereocenters. The van der Waals surface area contributed by atoms with E-state index in [9.17, 15) is 0 Å². The summed E-state index contributed by atoms with van der Waals surface area (Å²) in [5.41, 5.74) is 1.52. The zero-order chi connectivity index (χ0) is 16.2. The van der Waals surface area contributed by atoms with Gasteiger partial charge in [-0.05, 0) is 49.8 Å². The third kappa shape index (κ3) is 3.42. The number of aryl methyl sites for hydroxylation is 2. The van der Waals surface area contributed by atoms with E-state index in [1.807, 2.05) is 53.4 Å². The molecule has 5 heteroatoms. The third-order valence-corrected chi connectivity index (χ3v) is 6.53.